The molecule has 1 saturated heterocycles. The van der Waals surface area contributed by atoms with Gasteiger partial charge in [-0.3, -0.25) is 9.69 Å². The van der Waals surface area contributed by atoms with Crippen LogP contribution in [0.2, 0.25) is 10.0 Å². The Hall–Kier alpha value is -2.54. The minimum Gasteiger partial charge on any atom is -0.470 e. The molecule has 1 amide bonds. The minimum atomic E-state index is -0.0606. The lowest BCUT2D eigenvalue weighted by molar-refractivity contribution is 0.0621. The van der Waals surface area contributed by atoms with Crippen molar-refractivity contribution in [3.63, 3.8) is 0 Å². The van der Waals surface area contributed by atoms with E-state index in [4.69, 9.17) is 27.9 Å². The fourth-order valence-corrected chi connectivity index (χ4v) is 3.85. The summed E-state index contributed by atoms with van der Waals surface area (Å²) < 4.78 is 7.24. The number of hydrogen-bond donors (Lipinski definition) is 0. The average Bonchev–Trinajstić information content (AvgIpc) is 3.25. The van der Waals surface area contributed by atoms with Gasteiger partial charge in [0, 0.05) is 38.9 Å². The second-order valence-corrected chi connectivity index (χ2v) is 8.40. The van der Waals surface area contributed by atoms with Gasteiger partial charge in [-0.15, -0.1) is 0 Å². The van der Waals surface area contributed by atoms with Gasteiger partial charge in [0.1, 0.15) is 10.8 Å². The number of hydrogen-bond acceptors (Lipinski definition) is 4. The Morgan fingerprint density at radius 1 is 1.03 bits per heavy atom. The van der Waals surface area contributed by atoms with Crippen molar-refractivity contribution in [1.29, 1.82) is 0 Å². The van der Waals surface area contributed by atoms with Crippen LogP contribution in [0.3, 0.4) is 0 Å². The molecule has 1 aromatic heterocycles. The van der Waals surface area contributed by atoms with E-state index in [9.17, 15) is 4.79 Å². The van der Waals surface area contributed by atoms with E-state index >= 15 is 0 Å². The molecule has 2 aromatic carbocycles. The van der Waals surface area contributed by atoms with Crippen LogP contribution in [-0.4, -0.2) is 51.7 Å². The first-order valence-corrected chi connectivity index (χ1v) is 10.9. The first kappa shape index (κ1) is 21.7. The fourth-order valence-electron chi connectivity index (χ4n) is 3.50. The van der Waals surface area contributed by atoms with Crippen molar-refractivity contribution in [2.45, 2.75) is 20.2 Å². The summed E-state index contributed by atoms with van der Waals surface area (Å²) in [7, 11) is 0. The third-order valence-corrected chi connectivity index (χ3v) is 6.12. The number of rotatable bonds is 6. The van der Waals surface area contributed by atoms with Gasteiger partial charge < -0.3 is 9.64 Å². The topological polar surface area (TPSA) is 50.6 Å². The Labute approximate surface area is 191 Å². The summed E-state index contributed by atoms with van der Waals surface area (Å²) >= 11 is 12.1. The molecule has 31 heavy (non-hydrogen) atoms. The zero-order chi connectivity index (χ0) is 21.8. The van der Waals surface area contributed by atoms with Crippen molar-refractivity contribution >= 4 is 29.1 Å². The highest BCUT2D eigenvalue weighted by Gasteiger charge is 2.23. The van der Waals surface area contributed by atoms with Gasteiger partial charge in [-0.2, -0.15) is 5.10 Å². The predicted molar refractivity (Wildman–Crippen MR) is 122 cm³/mol. The van der Waals surface area contributed by atoms with E-state index < -0.39 is 0 Å². The highest BCUT2D eigenvalue weighted by molar-refractivity contribution is 6.42. The molecule has 0 saturated carbocycles. The lowest BCUT2D eigenvalue weighted by Gasteiger charge is -2.34. The molecule has 6 nitrogen and oxygen atoms in total. The van der Waals surface area contributed by atoms with Gasteiger partial charge in [-0.25, -0.2) is 4.68 Å². The lowest BCUT2D eigenvalue weighted by atomic mass is 10.1. The van der Waals surface area contributed by atoms with Gasteiger partial charge in [-0.05, 0) is 30.7 Å². The highest BCUT2D eigenvalue weighted by atomic mass is 35.5. The number of piperazine rings is 1. The molecule has 1 aliphatic rings. The molecule has 0 unspecified atom stereocenters. The van der Waals surface area contributed by atoms with Gasteiger partial charge in [-0.1, -0.05) is 59.1 Å². The molecule has 8 heteroatoms. The van der Waals surface area contributed by atoms with Crippen LogP contribution in [0.4, 0.5) is 0 Å². The number of aryl methyl sites for hydroxylation is 1. The van der Waals surface area contributed by atoms with E-state index in [2.05, 4.69) is 41.2 Å². The Kier molecular flexibility index (Phi) is 6.80. The molecule has 2 heterocycles. The number of ether oxygens (including phenoxy) is 1. The van der Waals surface area contributed by atoms with Crippen molar-refractivity contribution < 1.29 is 9.53 Å². The van der Waals surface area contributed by atoms with E-state index in [1.54, 1.807) is 35.1 Å². The molecular formula is C23H24Cl2N4O2. The second-order valence-electron chi connectivity index (χ2n) is 7.62. The number of amides is 1. The van der Waals surface area contributed by atoms with Crippen LogP contribution < -0.4 is 4.74 Å². The van der Waals surface area contributed by atoms with Crippen LogP contribution >= 0.6 is 23.2 Å². The quantitative estimate of drug-likeness (QED) is 0.545. The van der Waals surface area contributed by atoms with Crippen molar-refractivity contribution in [2.75, 3.05) is 26.2 Å². The third-order valence-electron chi connectivity index (χ3n) is 5.31. The van der Waals surface area contributed by atoms with Crippen LogP contribution in [0.5, 0.6) is 5.75 Å². The molecule has 0 spiro atoms. The largest absolute Gasteiger partial charge is 0.470 e. The summed E-state index contributed by atoms with van der Waals surface area (Å²) in [6, 6.07) is 15.5. The molecule has 3 aromatic rings. The van der Waals surface area contributed by atoms with E-state index in [1.165, 1.54) is 11.1 Å². The Morgan fingerprint density at radius 3 is 2.52 bits per heavy atom. The summed E-state index contributed by atoms with van der Waals surface area (Å²) in [6.45, 7) is 6.19. The van der Waals surface area contributed by atoms with Crippen molar-refractivity contribution in [3.05, 3.63) is 81.6 Å². The minimum absolute atomic E-state index is 0.0606. The highest BCUT2D eigenvalue weighted by Crippen LogP contribution is 2.31. The van der Waals surface area contributed by atoms with Crippen molar-refractivity contribution in [1.82, 2.24) is 19.6 Å². The van der Waals surface area contributed by atoms with Gasteiger partial charge in [0.25, 0.3) is 5.91 Å². The number of carbonyl (C=O) groups excluding carboxylic acids is 1. The summed E-state index contributed by atoms with van der Waals surface area (Å²) in [5.74, 6) is 0.414. The summed E-state index contributed by atoms with van der Waals surface area (Å²) in [5.41, 5.74) is 2.97. The van der Waals surface area contributed by atoms with Crippen LogP contribution in [0.1, 0.15) is 21.6 Å². The molecule has 0 bridgehead atoms. The van der Waals surface area contributed by atoms with E-state index in [0.717, 1.165) is 19.6 Å². The number of benzene rings is 2. The van der Waals surface area contributed by atoms with Gasteiger partial charge in [0.15, 0.2) is 12.4 Å². The van der Waals surface area contributed by atoms with Gasteiger partial charge in [0.2, 0.25) is 0 Å². The maximum Gasteiger partial charge on any atom is 0.274 e. The molecule has 0 N–H and O–H groups in total. The smallest absolute Gasteiger partial charge is 0.274 e. The second kappa shape index (κ2) is 9.73. The first-order chi connectivity index (χ1) is 15.0. The number of carbonyl (C=O) groups is 1. The predicted octanol–water partition coefficient (Wildman–Crippen LogP) is 4.49. The standard InChI is InChI=1S/C23H24Cl2N4O2/c1-17-5-7-18(8-6-17)15-27-11-13-28(14-12-27)23(30)20-9-10-29(26-20)16-31-21-4-2-3-19(24)22(21)25/h2-10H,11-16H2,1H3. The maximum absolute atomic E-state index is 12.8. The van der Waals surface area contributed by atoms with Crippen molar-refractivity contribution in [3.8, 4) is 5.75 Å². The molecule has 4 rings (SSSR count). The first-order valence-electron chi connectivity index (χ1n) is 10.2. The summed E-state index contributed by atoms with van der Waals surface area (Å²) in [5, 5.41) is 5.14. The number of aromatic nitrogens is 2. The van der Waals surface area contributed by atoms with Crippen LogP contribution in [0.25, 0.3) is 0 Å². The van der Waals surface area contributed by atoms with Crippen LogP contribution in [0, 0.1) is 6.92 Å². The Balaban J connectivity index is 1.29. The van der Waals surface area contributed by atoms with E-state index in [-0.39, 0.29) is 12.6 Å². The van der Waals surface area contributed by atoms with Gasteiger partial charge in [0.05, 0.1) is 5.02 Å². The molecule has 162 valence electrons. The van der Waals surface area contributed by atoms with Crippen molar-refractivity contribution in [2.24, 2.45) is 0 Å². The molecule has 0 radical (unpaired) electrons. The monoisotopic (exact) mass is 458 g/mol. The van der Waals surface area contributed by atoms with E-state index in [0.29, 0.717) is 34.6 Å². The Bertz CT molecular complexity index is 1040. The zero-order valence-corrected chi connectivity index (χ0v) is 18.8. The van der Waals surface area contributed by atoms with Crippen LogP contribution in [0.15, 0.2) is 54.7 Å². The normalized spacial score (nSPS) is 14.6. The molecule has 0 atom stereocenters. The van der Waals surface area contributed by atoms with Gasteiger partial charge >= 0.3 is 0 Å². The average molecular weight is 459 g/mol. The molecule has 1 fully saturated rings. The molecular weight excluding hydrogens is 435 g/mol. The SMILES string of the molecule is Cc1ccc(CN2CCN(C(=O)c3ccn(COc4cccc(Cl)c4Cl)n3)CC2)cc1. The van der Waals surface area contributed by atoms with Crippen LogP contribution in [-0.2, 0) is 13.3 Å². The lowest BCUT2D eigenvalue weighted by Crippen LogP contribution is -2.48. The maximum atomic E-state index is 12.8. The number of nitrogens with zero attached hydrogens (tertiary/aromatic N) is 4. The molecule has 1 aliphatic heterocycles. The molecule has 0 aliphatic carbocycles. The fraction of sp³-hybridized carbons (Fsp3) is 0.304. The number of halogens is 2. The van der Waals surface area contributed by atoms with E-state index in [1.807, 2.05) is 4.90 Å². The zero-order valence-electron chi connectivity index (χ0n) is 17.3. The third kappa shape index (κ3) is 5.39. The Morgan fingerprint density at radius 2 is 1.77 bits per heavy atom. The summed E-state index contributed by atoms with van der Waals surface area (Å²) in [6.07, 6.45) is 1.72. The summed E-state index contributed by atoms with van der Waals surface area (Å²) in [4.78, 5) is 17.1.